The van der Waals surface area contributed by atoms with Crippen LogP contribution in [0.5, 0.6) is 5.75 Å². The van der Waals surface area contributed by atoms with Crippen molar-refractivity contribution in [1.82, 2.24) is 9.55 Å². The van der Waals surface area contributed by atoms with E-state index in [1.165, 1.54) is 22.1 Å². The molecule has 0 amide bonds. The fraction of sp³-hybridized carbons (Fsp3) is 0.0526. The molecule has 0 radical (unpaired) electrons. The van der Waals surface area contributed by atoms with Crippen LogP contribution < -0.4 is 5.56 Å². The average molecular weight is 405 g/mol. The zero-order valence-electron chi connectivity index (χ0n) is 13.6. The Hall–Kier alpha value is -2.77. The highest BCUT2D eigenvalue weighted by Gasteiger charge is 2.21. The van der Waals surface area contributed by atoms with Crippen LogP contribution in [0, 0.1) is 11.6 Å². The monoisotopic (exact) mass is 404 g/mol. The Labute approximate surface area is 160 Å². The molecule has 0 saturated heterocycles. The molecule has 0 bridgehead atoms. The first-order valence-electron chi connectivity index (χ1n) is 7.86. The van der Waals surface area contributed by atoms with Crippen molar-refractivity contribution in [3.05, 3.63) is 79.9 Å². The molecule has 4 aromatic rings. The molecule has 27 heavy (non-hydrogen) atoms. The lowest BCUT2D eigenvalue weighted by atomic mass is 10.0. The largest absolute Gasteiger partial charge is 0.505 e. The van der Waals surface area contributed by atoms with Gasteiger partial charge in [-0.3, -0.25) is 9.78 Å². The van der Waals surface area contributed by atoms with Crippen molar-refractivity contribution in [2.45, 2.75) is 6.54 Å². The zero-order chi connectivity index (χ0) is 19.1. The van der Waals surface area contributed by atoms with Gasteiger partial charge in [-0.25, -0.2) is 8.78 Å². The van der Waals surface area contributed by atoms with Crippen LogP contribution in [0.1, 0.15) is 4.88 Å². The van der Waals surface area contributed by atoms with Crippen LogP contribution in [-0.4, -0.2) is 14.7 Å². The molecule has 0 atom stereocenters. The Balaban J connectivity index is 2.04. The molecule has 0 aliphatic heterocycles. The Bertz CT molecular complexity index is 1240. The van der Waals surface area contributed by atoms with Crippen molar-refractivity contribution < 1.29 is 13.9 Å². The summed E-state index contributed by atoms with van der Waals surface area (Å²) in [6.45, 7) is 0.175. The highest BCUT2D eigenvalue weighted by atomic mass is 35.5. The summed E-state index contributed by atoms with van der Waals surface area (Å²) >= 11 is 7.28. The van der Waals surface area contributed by atoms with E-state index in [-0.39, 0.29) is 23.2 Å². The maximum absolute atomic E-state index is 14.3. The Kier molecular flexibility index (Phi) is 4.41. The van der Waals surface area contributed by atoms with E-state index >= 15 is 0 Å². The van der Waals surface area contributed by atoms with Crippen LogP contribution >= 0.6 is 22.9 Å². The fourth-order valence-corrected chi connectivity index (χ4v) is 4.02. The molecule has 4 rings (SSSR count). The van der Waals surface area contributed by atoms with Crippen LogP contribution in [0.25, 0.3) is 22.2 Å². The molecule has 1 N–H and O–H groups in total. The molecule has 3 aromatic heterocycles. The third-order valence-electron chi connectivity index (χ3n) is 4.14. The van der Waals surface area contributed by atoms with E-state index in [0.29, 0.717) is 15.9 Å². The second-order valence-electron chi connectivity index (χ2n) is 5.82. The lowest BCUT2D eigenvalue weighted by Crippen LogP contribution is -2.23. The number of hydrogen-bond donors (Lipinski definition) is 1. The predicted octanol–water partition coefficient (Wildman–Crippen LogP) is 4.81. The second kappa shape index (κ2) is 6.75. The molecule has 8 heteroatoms. The SMILES string of the molecule is O=c1c(-c2ccc(F)cc2F)c(O)c2ncccc2n1Cc1ccc(Cl)s1. The van der Waals surface area contributed by atoms with Gasteiger partial charge in [0.25, 0.3) is 5.56 Å². The zero-order valence-corrected chi connectivity index (χ0v) is 15.2. The van der Waals surface area contributed by atoms with Crippen molar-refractivity contribution in [1.29, 1.82) is 0 Å². The quantitative estimate of drug-likeness (QED) is 0.533. The molecule has 0 aliphatic rings. The minimum absolute atomic E-state index is 0.151. The first-order chi connectivity index (χ1) is 13.0. The summed E-state index contributed by atoms with van der Waals surface area (Å²) in [6.07, 6.45) is 1.46. The van der Waals surface area contributed by atoms with E-state index in [9.17, 15) is 18.7 Å². The van der Waals surface area contributed by atoms with E-state index in [2.05, 4.69) is 4.98 Å². The topological polar surface area (TPSA) is 55.1 Å². The number of aromatic hydroxyl groups is 1. The van der Waals surface area contributed by atoms with E-state index in [4.69, 9.17) is 11.6 Å². The highest BCUT2D eigenvalue weighted by Crippen LogP contribution is 2.34. The summed E-state index contributed by atoms with van der Waals surface area (Å²) < 4.78 is 29.6. The number of hydrogen-bond acceptors (Lipinski definition) is 4. The summed E-state index contributed by atoms with van der Waals surface area (Å²) in [5.41, 5.74) is -0.511. The number of thiophene rings is 1. The lowest BCUT2D eigenvalue weighted by Gasteiger charge is -2.14. The van der Waals surface area contributed by atoms with Gasteiger partial charge >= 0.3 is 0 Å². The van der Waals surface area contributed by atoms with Crippen LogP contribution in [0.15, 0.2) is 53.5 Å². The Morgan fingerprint density at radius 1 is 1.19 bits per heavy atom. The number of halogens is 3. The first-order valence-corrected chi connectivity index (χ1v) is 9.05. The minimum atomic E-state index is -0.941. The van der Waals surface area contributed by atoms with Crippen molar-refractivity contribution in [2.75, 3.05) is 0 Å². The number of aromatic nitrogens is 2. The summed E-state index contributed by atoms with van der Waals surface area (Å²) in [5.74, 6) is -2.16. The van der Waals surface area contributed by atoms with Crippen LogP contribution in [-0.2, 0) is 6.54 Å². The van der Waals surface area contributed by atoms with Crippen molar-refractivity contribution in [2.24, 2.45) is 0 Å². The van der Waals surface area contributed by atoms with Gasteiger partial charge < -0.3 is 9.67 Å². The van der Waals surface area contributed by atoms with E-state index < -0.39 is 22.9 Å². The molecular formula is C19H11ClF2N2O2S. The van der Waals surface area contributed by atoms with Crippen molar-refractivity contribution in [3.8, 4) is 16.9 Å². The fourth-order valence-electron chi connectivity index (χ4n) is 2.95. The van der Waals surface area contributed by atoms with Gasteiger partial charge in [-0.15, -0.1) is 11.3 Å². The van der Waals surface area contributed by atoms with Gasteiger partial charge in [0, 0.05) is 22.7 Å². The van der Waals surface area contributed by atoms with Gasteiger partial charge in [-0.1, -0.05) is 11.6 Å². The molecule has 3 heterocycles. The lowest BCUT2D eigenvalue weighted by molar-refractivity contribution is 0.479. The highest BCUT2D eigenvalue weighted by molar-refractivity contribution is 7.16. The summed E-state index contributed by atoms with van der Waals surface area (Å²) in [5, 5.41) is 10.6. The average Bonchev–Trinajstić information content (AvgIpc) is 3.05. The maximum atomic E-state index is 14.3. The molecule has 0 saturated carbocycles. The van der Waals surface area contributed by atoms with Gasteiger partial charge in [0.15, 0.2) is 5.75 Å². The van der Waals surface area contributed by atoms with Gasteiger partial charge in [-0.05, 0) is 36.4 Å². The molecule has 0 aliphatic carbocycles. The number of fused-ring (bicyclic) bond motifs is 1. The third-order valence-corrected chi connectivity index (χ3v) is 5.36. The van der Waals surface area contributed by atoms with Crippen LogP contribution in [0.3, 0.4) is 0 Å². The normalized spacial score (nSPS) is 11.2. The minimum Gasteiger partial charge on any atom is -0.505 e. The van der Waals surface area contributed by atoms with Crippen molar-refractivity contribution >= 4 is 34.0 Å². The van der Waals surface area contributed by atoms with E-state index in [1.54, 1.807) is 24.3 Å². The van der Waals surface area contributed by atoms with Gasteiger partial charge in [-0.2, -0.15) is 0 Å². The van der Waals surface area contributed by atoms with Gasteiger partial charge in [0.2, 0.25) is 0 Å². The molecule has 0 unspecified atom stereocenters. The van der Waals surface area contributed by atoms with Gasteiger partial charge in [0.1, 0.15) is 17.2 Å². The standard InChI is InChI=1S/C19H11ClF2N2O2S/c20-15-6-4-11(27-15)9-24-14-2-1-7-23-17(14)18(25)16(19(24)26)12-5-3-10(21)8-13(12)22/h1-8,25H,9H2. The summed E-state index contributed by atoms with van der Waals surface area (Å²) in [7, 11) is 0. The summed E-state index contributed by atoms with van der Waals surface area (Å²) in [6, 6.07) is 9.60. The summed E-state index contributed by atoms with van der Waals surface area (Å²) in [4.78, 5) is 18.1. The molecule has 1 aromatic carbocycles. The molecule has 136 valence electrons. The van der Waals surface area contributed by atoms with E-state index in [0.717, 1.165) is 17.0 Å². The number of rotatable bonds is 3. The number of pyridine rings is 2. The second-order valence-corrected chi connectivity index (χ2v) is 7.62. The van der Waals surface area contributed by atoms with Gasteiger partial charge in [0.05, 0.1) is 22.0 Å². The third kappa shape index (κ3) is 3.09. The number of nitrogens with zero attached hydrogens (tertiary/aromatic N) is 2. The van der Waals surface area contributed by atoms with Crippen LogP contribution in [0.4, 0.5) is 8.78 Å². The molecular weight excluding hydrogens is 394 g/mol. The smallest absolute Gasteiger partial charge is 0.263 e. The number of benzene rings is 1. The Morgan fingerprint density at radius 3 is 2.70 bits per heavy atom. The first kappa shape index (κ1) is 17.6. The maximum Gasteiger partial charge on any atom is 0.263 e. The van der Waals surface area contributed by atoms with Crippen molar-refractivity contribution in [3.63, 3.8) is 0 Å². The van der Waals surface area contributed by atoms with E-state index in [1.807, 2.05) is 0 Å². The predicted molar refractivity (Wildman–Crippen MR) is 101 cm³/mol. The Morgan fingerprint density at radius 2 is 2.00 bits per heavy atom. The van der Waals surface area contributed by atoms with Crippen LogP contribution in [0.2, 0.25) is 4.34 Å². The molecule has 0 spiro atoms. The molecule has 4 nitrogen and oxygen atoms in total. The molecule has 0 fully saturated rings.